The molecule has 0 bridgehead atoms. The minimum absolute atomic E-state index is 0.0178. The van der Waals surface area contributed by atoms with Crippen LogP contribution >= 0.6 is 0 Å². The Bertz CT molecular complexity index is 284. The second kappa shape index (κ2) is 7.36. The van der Waals surface area contributed by atoms with Crippen molar-refractivity contribution in [1.82, 2.24) is 10.6 Å². The molecule has 18 heavy (non-hydrogen) atoms. The van der Waals surface area contributed by atoms with Gasteiger partial charge < -0.3 is 15.7 Å². The molecule has 0 aromatic carbocycles. The largest absolute Gasteiger partial charge is 0.481 e. The van der Waals surface area contributed by atoms with Gasteiger partial charge in [0.15, 0.2) is 0 Å². The Balaban J connectivity index is 2.11. The van der Waals surface area contributed by atoms with E-state index in [4.69, 9.17) is 5.11 Å². The van der Waals surface area contributed by atoms with Gasteiger partial charge in [0.2, 0.25) is 5.91 Å². The normalized spacial score (nSPS) is 23.9. The lowest BCUT2D eigenvalue weighted by Gasteiger charge is -2.26. The molecule has 1 aliphatic rings. The number of carbonyl (C=O) groups is 2. The maximum absolute atomic E-state index is 11.4. The van der Waals surface area contributed by atoms with Crippen LogP contribution in [0.25, 0.3) is 0 Å². The maximum Gasteiger partial charge on any atom is 0.306 e. The summed E-state index contributed by atoms with van der Waals surface area (Å²) < 4.78 is 0. The van der Waals surface area contributed by atoms with E-state index in [0.717, 1.165) is 32.2 Å². The number of amides is 1. The molecule has 0 heterocycles. The van der Waals surface area contributed by atoms with E-state index in [2.05, 4.69) is 10.6 Å². The van der Waals surface area contributed by atoms with Crippen molar-refractivity contribution in [3.8, 4) is 0 Å². The van der Waals surface area contributed by atoms with Gasteiger partial charge in [-0.05, 0) is 52.0 Å². The highest BCUT2D eigenvalue weighted by Crippen LogP contribution is 2.28. The zero-order valence-electron chi connectivity index (χ0n) is 11.2. The van der Waals surface area contributed by atoms with Gasteiger partial charge in [0.05, 0.1) is 12.5 Å². The Morgan fingerprint density at radius 2 is 1.83 bits per heavy atom. The summed E-state index contributed by atoms with van der Waals surface area (Å²) in [5.74, 6) is -0.306. The van der Waals surface area contributed by atoms with Crippen LogP contribution < -0.4 is 10.6 Å². The van der Waals surface area contributed by atoms with Crippen molar-refractivity contribution in [2.75, 3.05) is 13.1 Å². The smallest absolute Gasteiger partial charge is 0.306 e. The number of rotatable bonds is 6. The van der Waals surface area contributed by atoms with Crippen LogP contribution in [0, 0.1) is 11.8 Å². The molecule has 1 amide bonds. The monoisotopic (exact) mass is 256 g/mol. The van der Waals surface area contributed by atoms with Gasteiger partial charge in [0, 0.05) is 6.04 Å². The number of carboxylic acid groups (broad SMARTS) is 1. The summed E-state index contributed by atoms with van der Waals surface area (Å²) >= 11 is 0. The highest BCUT2D eigenvalue weighted by molar-refractivity contribution is 5.78. The molecule has 3 N–H and O–H groups in total. The summed E-state index contributed by atoms with van der Waals surface area (Å²) in [6.07, 6.45) is 3.41. The van der Waals surface area contributed by atoms with Crippen LogP contribution in [-0.4, -0.2) is 36.1 Å². The fourth-order valence-electron chi connectivity index (χ4n) is 2.38. The van der Waals surface area contributed by atoms with Gasteiger partial charge in [-0.3, -0.25) is 9.59 Å². The van der Waals surface area contributed by atoms with Crippen molar-refractivity contribution >= 4 is 11.9 Å². The summed E-state index contributed by atoms with van der Waals surface area (Å²) in [4.78, 5) is 22.2. The molecule has 0 unspecified atom stereocenters. The lowest BCUT2D eigenvalue weighted by Crippen LogP contribution is -2.39. The van der Waals surface area contributed by atoms with Crippen LogP contribution in [0.1, 0.15) is 39.5 Å². The first-order chi connectivity index (χ1) is 8.49. The van der Waals surface area contributed by atoms with Gasteiger partial charge in [-0.15, -0.1) is 0 Å². The Hall–Kier alpha value is -1.10. The van der Waals surface area contributed by atoms with E-state index in [0.29, 0.717) is 12.5 Å². The van der Waals surface area contributed by atoms with Gasteiger partial charge in [-0.1, -0.05) is 0 Å². The minimum Gasteiger partial charge on any atom is -0.481 e. The topological polar surface area (TPSA) is 78.4 Å². The average Bonchev–Trinajstić information content (AvgIpc) is 2.28. The number of aliphatic carboxylic acids is 1. The standard InChI is InChI=1S/C13H24N2O3/c1-9(2)15-12(16)8-14-7-10-3-5-11(6-4-10)13(17)18/h9-11,14H,3-8H2,1-2H3,(H,15,16)(H,17,18). The predicted octanol–water partition coefficient (Wildman–Crippen LogP) is 0.992. The molecule has 1 saturated carbocycles. The molecule has 0 aromatic heterocycles. The third kappa shape index (κ3) is 5.49. The molecule has 0 saturated heterocycles. The Labute approximate surface area is 108 Å². The number of hydrogen-bond donors (Lipinski definition) is 3. The molecule has 5 nitrogen and oxygen atoms in total. The first kappa shape index (κ1) is 15.0. The number of hydrogen-bond acceptors (Lipinski definition) is 3. The molecule has 5 heteroatoms. The molecule has 0 spiro atoms. The molecule has 1 fully saturated rings. The molecule has 0 atom stereocenters. The number of carboxylic acids is 1. The summed E-state index contributed by atoms with van der Waals surface area (Å²) in [5.41, 5.74) is 0. The van der Waals surface area contributed by atoms with Crippen LogP contribution in [0.4, 0.5) is 0 Å². The van der Waals surface area contributed by atoms with E-state index in [1.807, 2.05) is 13.8 Å². The van der Waals surface area contributed by atoms with Crippen molar-refractivity contribution in [1.29, 1.82) is 0 Å². The predicted molar refractivity (Wildman–Crippen MR) is 69.2 cm³/mol. The van der Waals surface area contributed by atoms with Crippen LogP contribution in [0.5, 0.6) is 0 Å². The van der Waals surface area contributed by atoms with Gasteiger partial charge in [-0.2, -0.15) is 0 Å². The zero-order chi connectivity index (χ0) is 13.5. The van der Waals surface area contributed by atoms with Crippen LogP contribution in [-0.2, 0) is 9.59 Å². The van der Waals surface area contributed by atoms with Crippen molar-refractivity contribution in [2.24, 2.45) is 11.8 Å². The third-order valence-corrected chi connectivity index (χ3v) is 3.36. The third-order valence-electron chi connectivity index (χ3n) is 3.36. The van der Waals surface area contributed by atoms with Crippen molar-refractivity contribution in [3.05, 3.63) is 0 Å². The summed E-state index contributed by atoms with van der Waals surface area (Å²) in [5, 5.41) is 14.9. The summed E-state index contributed by atoms with van der Waals surface area (Å²) in [6.45, 7) is 5.02. The molecule has 0 aliphatic heterocycles. The van der Waals surface area contributed by atoms with E-state index in [-0.39, 0.29) is 17.9 Å². The van der Waals surface area contributed by atoms with Crippen molar-refractivity contribution < 1.29 is 14.7 Å². The fraction of sp³-hybridized carbons (Fsp3) is 0.846. The lowest BCUT2D eigenvalue weighted by molar-refractivity contribution is -0.143. The van der Waals surface area contributed by atoms with Gasteiger partial charge in [-0.25, -0.2) is 0 Å². The average molecular weight is 256 g/mol. The Morgan fingerprint density at radius 1 is 1.22 bits per heavy atom. The van der Waals surface area contributed by atoms with Crippen LogP contribution in [0.3, 0.4) is 0 Å². The second-order valence-corrected chi connectivity index (χ2v) is 5.41. The highest BCUT2D eigenvalue weighted by atomic mass is 16.4. The van der Waals surface area contributed by atoms with E-state index < -0.39 is 5.97 Å². The number of nitrogens with one attached hydrogen (secondary N) is 2. The van der Waals surface area contributed by atoms with E-state index in [1.54, 1.807) is 0 Å². The first-order valence-corrected chi connectivity index (χ1v) is 6.72. The zero-order valence-corrected chi connectivity index (χ0v) is 11.2. The maximum atomic E-state index is 11.4. The number of carbonyl (C=O) groups excluding carboxylic acids is 1. The molecular weight excluding hydrogens is 232 g/mol. The quantitative estimate of drug-likeness (QED) is 0.662. The van der Waals surface area contributed by atoms with Gasteiger partial charge >= 0.3 is 5.97 Å². The minimum atomic E-state index is -0.669. The summed E-state index contributed by atoms with van der Waals surface area (Å²) in [6, 6.07) is 0.172. The first-order valence-electron chi connectivity index (χ1n) is 6.72. The molecule has 0 radical (unpaired) electrons. The van der Waals surface area contributed by atoms with E-state index in [1.165, 1.54) is 0 Å². The molecule has 1 aliphatic carbocycles. The molecular formula is C13H24N2O3. The lowest BCUT2D eigenvalue weighted by atomic mass is 9.82. The Morgan fingerprint density at radius 3 is 2.33 bits per heavy atom. The molecule has 104 valence electrons. The molecule has 0 aromatic rings. The summed E-state index contributed by atoms with van der Waals surface area (Å²) in [7, 11) is 0. The SMILES string of the molecule is CC(C)NC(=O)CNCC1CCC(C(=O)O)CC1. The fourth-order valence-corrected chi connectivity index (χ4v) is 2.38. The van der Waals surface area contributed by atoms with Crippen LogP contribution in [0.15, 0.2) is 0 Å². The van der Waals surface area contributed by atoms with E-state index in [9.17, 15) is 9.59 Å². The second-order valence-electron chi connectivity index (χ2n) is 5.41. The molecule has 1 rings (SSSR count). The van der Waals surface area contributed by atoms with Crippen molar-refractivity contribution in [3.63, 3.8) is 0 Å². The van der Waals surface area contributed by atoms with Crippen LogP contribution in [0.2, 0.25) is 0 Å². The Kier molecular flexibility index (Phi) is 6.12. The van der Waals surface area contributed by atoms with Gasteiger partial charge in [0.25, 0.3) is 0 Å². The highest BCUT2D eigenvalue weighted by Gasteiger charge is 2.25. The van der Waals surface area contributed by atoms with E-state index >= 15 is 0 Å². The van der Waals surface area contributed by atoms with Gasteiger partial charge in [0.1, 0.15) is 0 Å². The van der Waals surface area contributed by atoms with Crippen molar-refractivity contribution in [2.45, 2.75) is 45.6 Å².